The number of fused-ring (bicyclic) bond motifs is 1. The minimum absolute atomic E-state index is 0.112. The van der Waals surface area contributed by atoms with E-state index in [4.69, 9.17) is 9.47 Å². The van der Waals surface area contributed by atoms with Crippen molar-refractivity contribution in [1.82, 2.24) is 5.32 Å². The summed E-state index contributed by atoms with van der Waals surface area (Å²) in [6.07, 6.45) is 0.266. The maximum Gasteiger partial charge on any atom is 0.260 e. The van der Waals surface area contributed by atoms with E-state index in [1.54, 1.807) is 14.0 Å². The van der Waals surface area contributed by atoms with E-state index in [9.17, 15) is 4.79 Å². The molecule has 2 aromatic rings. The van der Waals surface area contributed by atoms with Crippen LogP contribution in [0.3, 0.4) is 0 Å². The number of hydrogen-bond donors (Lipinski definition) is 1. The molecule has 0 spiro atoms. The molecule has 112 valence electrons. The molecule has 21 heavy (non-hydrogen) atoms. The normalized spacial score (nSPS) is 12.1. The van der Waals surface area contributed by atoms with Crippen LogP contribution in [0.5, 0.6) is 5.75 Å². The van der Waals surface area contributed by atoms with Crippen molar-refractivity contribution in [1.29, 1.82) is 0 Å². The molecule has 0 aliphatic carbocycles. The Hall–Kier alpha value is -2.07. The molecular weight excluding hydrogens is 266 g/mol. The zero-order valence-corrected chi connectivity index (χ0v) is 12.5. The van der Waals surface area contributed by atoms with Crippen molar-refractivity contribution in [2.24, 2.45) is 0 Å². The lowest BCUT2D eigenvalue weighted by Gasteiger charge is -2.16. The molecule has 0 radical (unpaired) electrons. The average Bonchev–Trinajstić information content (AvgIpc) is 2.51. The maximum absolute atomic E-state index is 12.0. The molecule has 0 saturated heterocycles. The van der Waals surface area contributed by atoms with Crippen LogP contribution in [0.15, 0.2) is 42.5 Å². The van der Waals surface area contributed by atoms with Crippen molar-refractivity contribution < 1.29 is 14.3 Å². The monoisotopic (exact) mass is 287 g/mol. The predicted molar refractivity (Wildman–Crippen MR) is 83.5 cm³/mol. The molecule has 0 fully saturated rings. The number of ether oxygens (including phenoxy) is 2. The summed E-state index contributed by atoms with van der Waals surface area (Å²) in [5.74, 6) is 0.617. The van der Waals surface area contributed by atoms with Gasteiger partial charge < -0.3 is 14.8 Å². The summed E-state index contributed by atoms with van der Waals surface area (Å²) in [4.78, 5) is 12.0. The summed E-state index contributed by atoms with van der Waals surface area (Å²) in [6, 6.07) is 13.8. The van der Waals surface area contributed by atoms with Crippen LogP contribution in [0.2, 0.25) is 0 Å². The highest BCUT2D eigenvalue weighted by Crippen LogP contribution is 2.25. The molecule has 4 nitrogen and oxygen atoms in total. The van der Waals surface area contributed by atoms with Crippen molar-refractivity contribution in [2.75, 3.05) is 20.3 Å². The lowest BCUT2D eigenvalue weighted by Crippen LogP contribution is -2.37. The molecule has 0 bridgehead atoms. The Morgan fingerprint density at radius 3 is 2.76 bits per heavy atom. The quantitative estimate of drug-likeness (QED) is 0.797. The van der Waals surface area contributed by atoms with Crippen molar-refractivity contribution in [3.8, 4) is 5.75 Å². The highest BCUT2D eigenvalue weighted by Gasteiger charge is 2.15. The van der Waals surface area contributed by atoms with Crippen LogP contribution in [0.1, 0.15) is 13.3 Å². The average molecular weight is 287 g/mol. The van der Waals surface area contributed by atoms with Crippen LogP contribution in [0, 0.1) is 0 Å². The smallest absolute Gasteiger partial charge is 0.260 e. The fourth-order valence-corrected chi connectivity index (χ4v) is 2.11. The summed E-state index contributed by atoms with van der Waals surface area (Å²) >= 11 is 0. The van der Waals surface area contributed by atoms with Crippen LogP contribution < -0.4 is 10.1 Å². The largest absolute Gasteiger partial charge is 0.480 e. The van der Waals surface area contributed by atoms with Crippen LogP contribution in [0.25, 0.3) is 10.8 Å². The molecule has 2 rings (SSSR count). The molecule has 0 aromatic heterocycles. The number of carbonyl (C=O) groups is 1. The second kappa shape index (κ2) is 7.64. The first-order valence-electron chi connectivity index (χ1n) is 7.13. The summed E-state index contributed by atoms with van der Waals surface area (Å²) in [5.41, 5.74) is 0. The predicted octanol–water partition coefficient (Wildman–Crippen LogP) is 2.76. The number of hydrogen-bond acceptors (Lipinski definition) is 3. The van der Waals surface area contributed by atoms with E-state index in [-0.39, 0.29) is 5.91 Å². The zero-order chi connectivity index (χ0) is 15.1. The molecule has 0 unspecified atom stereocenters. The Kier molecular flexibility index (Phi) is 5.58. The third-order valence-electron chi connectivity index (χ3n) is 3.25. The van der Waals surface area contributed by atoms with E-state index in [1.807, 2.05) is 42.5 Å². The number of carbonyl (C=O) groups excluding carboxylic acids is 1. The number of nitrogens with one attached hydrogen (secondary N) is 1. The van der Waals surface area contributed by atoms with Gasteiger partial charge in [0.2, 0.25) is 0 Å². The number of benzene rings is 2. The van der Waals surface area contributed by atoms with E-state index in [1.165, 1.54) is 0 Å². The first-order valence-corrected chi connectivity index (χ1v) is 7.13. The van der Waals surface area contributed by atoms with Gasteiger partial charge in [0.25, 0.3) is 5.91 Å². The van der Waals surface area contributed by atoms with Gasteiger partial charge in [-0.1, -0.05) is 36.4 Å². The Balaban J connectivity index is 1.98. The SMILES string of the molecule is COCCCNC(=O)[C@H](C)Oc1cccc2ccccc12. The zero-order valence-electron chi connectivity index (χ0n) is 12.5. The third kappa shape index (κ3) is 4.20. The molecular formula is C17H21NO3. The van der Waals surface area contributed by atoms with Gasteiger partial charge in [-0.3, -0.25) is 4.79 Å². The first-order chi connectivity index (χ1) is 10.2. The Bertz CT molecular complexity index is 592. The molecule has 1 atom stereocenters. The standard InChI is InChI=1S/C17H21NO3/c1-13(17(19)18-11-6-12-20-2)21-16-10-5-8-14-7-3-4-9-15(14)16/h3-5,7-10,13H,6,11-12H2,1-2H3,(H,18,19)/t13-/m0/s1. The van der Waals surface area contributed by atoms with Gasteiger partial charge in [-0.2, -0.15) is 0 Å². The summed E-state index contributed by atoms with van der Waals surface area (Å²) in [5, 5.41) is 4.95. The van der Waals surface area contributed by atoms with Gasteiger partial charge in [0.05, 0.1) is 0 Å². The van der Waals surface area contributed by atoms with Gasteiger partial charge in [-0.15, -0.1) is 0 Å². The summed E-state index contributed by atoms with van der Waals surface area (Å²) < 4.78 is 10.7. The van der Waals surface area contributed by atoms with Gasteiger partial charge in [0.15, 0.2) is 6.10 Å². The van der Waals surface area contributed by atoms with Gasteiger partial charge in [0, 0.05) is 25.6 Å². The molecule has 1 amide bonds. The Labute approximate surface area is 125 Å². The Morgan fingerprint density at radius 1 is 1.19 bits per heavy atom. The molecule has 0 aliphatic rings. The molecule has 0 heterocycles. The number of rotatable bonds is 7. The van der Waals surface area contributed by atoms with E-state index in [0.29, 0.717) is 13.2 Å². The van der Waals surface area contributed by atoms with Gasteiger partial charge in [-0.25, -0.2) is 0 Å². The van der Waals surface area contributed by atoms with Gasteiger partial charge in [-0.05, 0) is 24.8 Å². The van der Waals surface area contributed by atoms with Gasteiger partial charge >= 0.3 is 0 Å². The number of methoxy groups -OCH3 is 1. The van der Waals surface area contributed by atoms with Crippen molar-refractivity contribution in [3.63, 3.8) is 0 Å². The molecule has 1 N–H and O–H groups in total. The van der Waals surface area contributed by atoms with Crippen LogP contribution >= 0.6 is 0 Å². The number of amides is 1. The second-order valence-corrected chi connectivity index (χ2v) is 4.87. The topological polar surface area (TPSA) is 47.6 Å². The van der Waals surface area contributed by atoms with Crippen molar-refractivity contribution in [3.05, 3.63) is 42.5 Å². The molecule has 0 saturated carbocycles. The van der Waals surface area contributed by atoms with Crippen LogP contribution in [0.4, 0.5) is 0 Å². The van der Waals surface area contributed by atoms with E-state index in [0.717, 1.165) is 22.9 Å². The lowest BCUT2D eigenvalue weighted by molar-refractivity contribution is -0.127. The highest BCUT2D eigenvalue weighted by atomic mass is 16.5. The van der Waals surface area contributed by atoms with Crippen LogP contribution in [-0.2, 0) is 9.53 Å². The first kappa shape index (κ1) is 15.3. The Morgan fingerprint density at radius 2 is 1.95 bits per heavy atom. The van der Waals surface area contributed by atoms with Gasteiger partial charge in [0.1, 0.15) is 5.75 Å². The van der Waals surface area contributed by atoms with E-state index in [2.05, 4.69) is 5.32 Å². The van der Waals surface area contributed by atoms with Crippen molar-refractivity contribution in [2.45, 2.75) is 19.4 Å². The summed E-state index contributed by atoms with van der Waals surface area (Å²) in [6.45, 7) is 2.99. The lowest BCUT2D eigenvalue weighted by atomic mass is 10.1. The molecule has 2 aromatic carbocycles. The maximum atomic E-state index is 12.0. The van der Waals surface area contributed by atoms with E-state index < -0.39 is 6.10 Å². The second-order valence-electron chi connectivity index (χ2n) is 4.87. The molecule has 0 aliphatic heterocycles. The highest BCUT2D eigenvalue weighted by molar-refractivity contribution is 5.89. The fourth-order valence-electron chi connectivity index (χ4n) is 2.11. The minimum Gasteiger partial charge on any atom is -0.480 e. The third-order valence-corrected chi connectivity index (χ3v) is 3.25. The molecule has 4 heteroatoms. The van der Waals surface area contributed by atoms with Crippen molar-refractivity contribution >= 4 is 16.7 Å². The summed E-state index contributed by atoms with van der Waals surface area (Å²) in [7, 11) is 1.65. The van der Waals surface area contributed by atoms with Crippen LogP contribution in [-0.4, -0.2) is 32.3 Å². The minimum atomic E-state index is -0.529. The fraction of sp³-hybridized carbons (Fsp3) is 0.353. The van der Waals surface area contributed by atoms with E-state index >= 15 is 0 Å².